The number of hydrogen-bond acceptors (Lipinski definition) is 2. The number of aliphatic hydroxyl groups excluding tert-OH is 1. The lowest BCUT2D eigenvalue weighted by atomic mass is 10.0. The Labute approximate surface area is 85.9 Å². The van der Waals surface area contributed by atoms with E-state index in [0.29, 0.717) is 6.42 Å². The molecule has 0 heterocycles. The van der Waals surface area contributed by atoms with Crippen LogP contribution in [0.25, 0.3) is 0 Å². The molecule has 0 saturated carbocycles. The molecule has 13 heavy (non-hydrogen) atoms. The highest BCUT2D eigenvalue weighted by molar-refractivity contribution is 9.10. The van der Waals surface area contributed by atoms with Crippen molar-refractivity contribution in [2.45, 2.75) is 6.42 Å². The molecule has 1 atom stereocenters. The van der Waals surface area contributed by atoms with Crippen LogP contribution in [0.4, 0.5) is 0 Å². The molecule has 0 aromatic heterocycles. The second kappa shape index (κ2) is 5.00. The standard InChI is InChI=1S/C10H10BrNO/c11-10-4-2-1-3-9(10)5-8(6-12)7-13/h1-4,8,13H,5,7H2/t8-/m0/s1. The number of hydrogen-bond donors (Lipinski definition) is 1. The van der Waals surface area contributed by atoms with Gasteiger partial charge in [-0.2, -0.15) is 5.26 Å². The third-order valence-electron chi connectivity index (χ3n) is 1.83. The average molecular weight is 240 g/mol. The highest BCUT2D eigenvalue weighted by atomic mass is 79.9. The quantitative estimate of drug-likeness (QED) is 0.879. The summed E-state index contributed by atoms with van der Waals surface area (Å²) in [6.07, 6.45) is 0.592. The van der Waals surface area contributed by atoms with Gasteiger partial charge in [0.1, 0.15) is 0 Å². The number of nitrogens with zero attached hydrogens (tertiary/aromatic N) is 1. The van der Waals surface area contributed by atoms with E-state index >= 15 is 0 Å². The van der Waals surface area contributed by atoms with Gasteiger partial charge in [-0.25, -0.2) is 0 Å². The zero-order valence-corrected chi connectivity index (χ0v) is 8.66. The molecule has 0 aliphatic heterocycles. The van der Waals surface area contributed by atoms with Gasteiger partial charge in [0.2, 0.25) is 0 Å². The summed E-state index contributed by atoms with van der Waals surface area (Å²) >= 11 is 3.39. The maximum atomic E-state index is 8.84. The largest absolute Gasteiger partial charge is 0.395 e. The van der Waals surface area contributed by atoms with Gasteiger partial charge in [0.05, 0.1) is 18.6 Å². The minimum Gasteiger partial charge on any atom is -0.395 e. The first-order chi connectivity index (χ1) is 6.27. The van der Waals surface area contributed by atoms with Crippen LogP contribution in [-0.2, 0) is 6.42 Å². The smallest absolute Gasteiger partial charge is 0.0735 e. The van der Waals surface area contributed by atoms with Gasteiger partial charge in [-0.1, -0.05) is 34.1 Å². The zero-order chi connectivity index (χ0) is 9.68. The monoisotopic (exact) mass is 239 g/mol. The van der Waals surface area contributed by atoms with Crippen molar-refractivity contribution >= 4 is 15.9 Å². The number of rotatable bonds is 3. The van der Waals surface area contributed by atoms with Crippen molar-refractivity contribution in [3.63, 3.8) is 0 Å². The summed E-state index contributed by atoms with van der Waals surface area (Å²) < 4.78 is 0.990. The van der Waals surface area contributed by atoms with E-state index in [2.05, 4.69) is 22.0 Å². The first-order valence-electron chi connectivity index (χ1n) is 4.01. The van der Waals surface area contributed by atoms with E-state index in [1.165, 1.54) is 0 Å². The topological polar surface area (TPSA) is 44.0 Å². The molecular weight excluding hydrogens is 230 g/mol. The van der Waals surface area contributed by atoms with E-state index in [-0.39, 0.29) is 12.5 Å². The fourth-order valence-corrected chi connectivity index (χ4v) is 1.53. The Hall–Kier alpha value is -0.850. The maximum absolute atomic E-state index is 8.84. The number of aliphatic hydroxyl groups is 1. The molecule has 0 saturated heterocycles. The Bertz CT molecular complexity index is 319. The molecule has 0 aliphatic carbocycles. The molecule has 0 bridgehead atoms. The predicted octanol–water partition coefficient (Wildman–Crippen LogP) is 2.12. The van der Waals surface area contributed by atoms with Crippen molar-refractivity contribution < 1.29 is 5.11 Å². The van der Waals surface area contributed by atoms with E-state index < -0.39 is 0 Å². The van der Waals surface area contributed by atoms with Crippen LogP contribution in [-0.4, -0.2) is 11.7 Å². The lowest BCUT2D eigenvalue weighted by molar-refractivity contribution is 0.255. The van der Waals surface area contributed by atoms with Crippen LogP contribution in [0, 0.1) is 17.2 Å². The third-order valence-corrected chi connectivity index (χ3v) is 2.60. The summed E-state index contributed by atoms with van der Waals surface area (Å²) in [7, 11) is 0. The highest BCUT2D eigenvalue weighted by Gasteiger charge is 2.08. The van der Waals surface area contributed by atoms with Gasteiger partial charge in [0, 0.05) is 4.47 Å². The van der Waals surface area contributed by atoms with E-state index in [1.54, 1.807) is 0 Å². The van der Waals surface area contributed by atoms with Crippen LogP contribution >= 0.6 is 15.9 Å². The van der Waals surface area contributed by atoms with Gasteiger partial charge in [0.15, 0.2) is 0 Å². The fraction of sp³-hybridized carbons (Fsp3) is 0.300. The van der Waals surface area contributed by atoms with Crippen LogP contribution in [0.3, 0.4) is 0 Å². The first-order valence-corrected chi connectivity index (χ1v) is 4.81. The summed E-state index contributed by atoms with van der Waals surface area (Å²) in [5.41, 5.74) is 1.06. The molecule has 1 rings (SSSR count). The Morgan fingerprint density at radius 2 is 2.15 bits per heavy atom. The summed E-state index contributed by atoms with van der Waals surface area (Å²) in [5, 5.41) is 17.5. The molecule has 68 valence electrons. The van der Waals surface area contributed by atoms with Crippen molar-refractivity contribution in [3.8, 4) is 6.07 Å². The Morgan fingerprint density at radius 3 is 2.69 bits per heavy atom. The molecule has 1 N–H and O–H groups in total. The predicted molar refractivity (Wildman–Crippen MR) is 54.0 cm³/mol. The van der Waals surface area contributed by atoms with Gasteiger partial charge >= 0.3 is 0 Å². The normalized spacial score (nSPS) is 12.1. The van der Waals surface area contributed by atoms with E-state index in [4.69, 9.17) is 10.4 Å². The molecule has 0 aliphatic rings. The van der Waals surface area contributed by atoms with E-state index in [0.717, 1.165) is 10.0 Å². The summed E-state index contributed by atoms with van der Waals surface area (Å²) in [4.78, 5) is 0. The first kappa shape index (κ1) is 10.2. The van der Waals surface area contributed by atoms with Gasteiger partial charge in [-0.3, -0.25) is 0 Å². The zero-order valence-electron chi connectivity index (χ0n) is 7.07. The Morgan fingerprint density at radius 1 is 1.46 bits per heavy atom. The summed E-state index contributed by atoms with van der Waals surface area (Å²) in [6.45, 7) is -0.0855. The van der Waals surface area contributed by atoms with Crippen LogP contribution in [0.15, 0.2) is 28.7 Å². The molecule has 0 fully saturated rings. The van der Waals surface area contributed by atoms with Crippen LogP contribution in [0.1, 0.15) is 5.56 Å². The van der Waals surface area contributed by atoms with Gasteiger partial charge in [-0.15, -0.1) is 0 Å². The molecule has 0 radical (unpaired) electrons. The lowest BCUT2D eigenvalue weighted by Gasteiger charge is -2.06. The number of benzene rings is 1. The SMILES string of the molecule is N#C[C@@H](CO)Cc1ccccc1Br. The minimum absolute atomic E-state index is 0.0855. The van der Waals surface area contributed by atoms with Crippen molar-refractivity contribution in [1.82, 2.24) is 0 Å². The fourth-order valence-electron chi connectivity index (χ4n) is 1.08. The van der Waals surface area contributed by atoms with Gasteiger partial charge in [0.25, 0.3) is 0 Å². The van der Waals surface area contributed by atoms with E-state index in [9.17, 15) is 0 Å². The average Bonchev–Trinajstić information content (AvgIpc) is 2.17. The minimum atomic E-state index is -0.307. The molecule has 0 unspecified atom stereocenters. The molecule has 0 spiro atoms. The third kappa shape index (κ3) is 2.83. The maximum Gasteiger partial charge on any atom is 0.0735 e. The lowest BCUT2D eigenvalue weighted by Crippen LogP contribution is -2.06. The summed E-state index contributed by atoms with van der Waals surface area (Å²) in [5.74, 6) is -0.307. The van der Waals surface area contributed by atoms with Crippen molar-refractivity contribution in [2.75, 3.05) is 6.61 Å². The van der Waals surface area contributed by atoms with Crippen molar-refractivity contribution in [3.05, 3.63) is 34.3 Å². The number of nitriles is 1. The van der Waals surface area contributed by atoms with Gasteiger partial charge < -0.3 is 5.11 Å². The molecule has 1 aromatic rings. The highest BCUT2D eigenvalue weighted by Crippen LogP contribution is 2.18. The second-order valence-corrected chi connectivity index (χ2v) is 3.66. The van der Waals surface area contributed by atoms with Crippen molar-refractivity contribution in [1.29, 1.82) is 5.26 Å². The van der Waals surface area contributed by atoms with Crippen LogP contribution in [0.5, 0.6) is 0 Å². The van der Waals surface area contributed by atoms with Crippen LogP contribution in [0.2, 0.25) is 0 Å². The Balaban J connectivity index is 2.74. The van der Waals surface area contributed by atoms with Gasteiger partial charge in [-0.05, 0) is 18.1 Å². The molecule has 2 nitrogen and oxygen atoms in total. The molecule has 3 heteroatoms. The summed E-state index contributed by atoms with van der Waals surface area (Å²) in [6, 6.07) is 9.78. The number of halogens is 1. The molecular formula is C10H10BrNO. The molecule has 1 aromatic carbocycles. The van der Waals surface area contributed by atoms with Crippen molar-refractivity contribution in [2.24, 2.45) is 5.92 Å². The second-order valence-electron chi connectivity index (χ2n) is 2.80. The van der Waals surface area contributed by atoms with E-state index in [1.807, 2.05) is 24.3 Å². The van der Waals surface area contributed by atoms with Crippen LogP contribution < -0.4 is 0 Å². The Kier molecular flexibility index (Phi) is 3.94. The molecule has 0 amide bonds.